The zero-order chi connectivity index (χ0) is 13.8. The molecule has 1 amide bonds. The van der Waals surface area contributed by atoms with Crippen molar-refractivity contribution in [1.82, 2.24) is 10.2 Å². The molecule has 1 aromatic carbocycles. The molecule has 0 aliphatic carbocycles. The van der Waals surface area contributed by atoms with Crippen LogP contribution in [-0.2, 0) is 4.79 Å². The molecular weight excluding hydrogens is 242 g/mol. The van der Waals surface area contributed by atoms with Crippen molar-refractivity contribution in [2.45, 2.75) is 13.8 Å². The zero-order valence-corrected chi connectivity index (χ0v) is 11.2. The number of nitrogens with zero attached hydrogens (tertiary/aromatic N) is 1. The lowest BCUT2D eigenvalue weighted by Crippen LogP contribution is -2.17. The summed E-state index contributed by atoms with van der Waals surface area (Å²) in [5.74, 6) is 1.22. The topological polar surface area (TPSA) is 67.0 Å². The molecule has 0 radical (unpaired) electrons. The smallest absolute Gasteiger partial charge is 0.228 e. The number of amides is 1. The van der Waals surface area contributed by atoms with Crippen molar-refractivity contribution >= 4 is 11.7 Å². The van der Waals surface area contributed by atoms with Crippen molar-refractivity contribution in [3.63, 3.8) is 0 Å². The molecule has 100 valence electrons. The highest BCUT2D eigenvalue weighted by atomic mass is 16.5. The number of aromatic nitrogens is 2. The molecule has 5 nitrogen and oxygen atoms in total. The fourth-order valence-electron chi connectivity index (χ4n) is 1.57. The minimum Gasteiger partial charge on any atom is -0.497 e. The maximum atomic E-state index is 11.6. The van der Waals surface area contributed by atoms with E-state index in [4.69, 9.17) is 4.74 Å². The maximum Gasteiger partial charge on any atom is 0.228 e. The molecule has 19 heavy (non-hydrogen) atoms. The van der Waals surface area contributed by atoms with Gasteiger partial charge >= 0.3 is 0 Å². The van der Waals surface area contributed by atoms with Gasteiger partial charge in [-0.2, -0.15) is 5.10 Å². The monoisotopic (exact) mass is 259 g/mol. The summed E-state index contributed by atoms with van der Waals surface area (Å²) in [5.41, 5.74) is 1.83. The largest absolute Gasteiger partial charge is 0.497 e. The predicted molar refractivity (Wildman–Crippen MR) is 74.0 cm³/mol. The molecule has 0 unspecified atom stereocenters. The summed E-state index contributed by atoms with van der Waals surface area (Å²) in [6.45, 7) is 3.68. The van der Waals surface area contributed by atoms with Gasteiger partial charge in [-0.05, 0) is 29.8 Å². The Morgan fingerprint density at radius 2 is 2.00 bits per heavy atom. The van der Waals surface area contributed by atoms with Gasteiger partial charge in [0.05, 0.1) is 12.8 Å². The molecule has 0 aliphatic rings. The van der Waals surface area contributed by atoms with Crippen molar-refractivity contribution in [3.05, 3.63) is 30.3 Å². The number of carbonyl (C=O) groups excluding carboxylic acids is 1. The van der Waals surface area contributed by atoms with E-state index in [-0.39, 0.29) is 11.8 Å². The number of methoxy groups -OCH3 is 1. The van der Waals surface area contributed by atoms with E-state index in [0.29, 0.717) is 5.82 Å². The summed E-state index contributed by atoms with van der Waals surface area (Å²) in [6.07, 6.45) is 0. The molecule has 0 aliphatic heterocycles. The molecule has 1 heterocycles. The molecule has 0 saturated heterocycles. The molecule has 2 rings (SSSR count). The van der Waals surface area contributed by atoms with E-state index in [1.807, 2.05) is 44.2 Å². The molecule has 0 bridgehead atoms. The number of benzene rings is 1. The minimum atomic E-state index is -0.0684. The third-order valence-electron chi connectivity index (χ3n) is 2.75. The highest BCUT2D eigenvalue weighted by Crippen LogP contribution is 2.22. The second-order valence-corrected chi connectivity index (χ2v) is 4.54. The van der Waals surface area contributed by atoms with Gasteiger partial charge in [0.25, 0.3) is 0 Å². The highest BCUT2D eigenvalue weighted by molar-refractivity contribution is 5.91. The van der Waals surface area contributed by atoms with E-state index >= 15 is 0 Å². The lowest BCUT2D eigenvalue weighted by molar-refractivity contribution is -0.118. The molecule has 0 spiro atoms. The van der Waals surface area contributed by atoms with E-state index in [2.05, 4.69) is 15.5 Å². The van der Waals surface area contributed by atoms with Crippen molar-refractivity contribution in [1.29, 1.82) is 0 Å². The third-order valence-corrected chi connectivity index (χ3v) is 2.75. The van der Waals surface area contributed by atoms with Crippen LogP contribution in [0.4, 0.5) is 5.82 Å². The first-order valence-electron chi connectivity index (χ1n) is 6.11. The van der Waals surface area contributed by atoms with Crippen LogP contribution in [0.15, 0.2) is 30.3 Å². The summed E-state index contributed by atoms with van der Waals surface area (Å²) >= 11 is 0. The van der Waals surface area contributed by atoms with Crippen molar-refractivity contribution in [2.75, 3.05) is 12.4 Å². The maximum absolute atomic E-state index is 11.6. The van der Waals surface area contributed by atoms with Gasteiger partial charge in [0, 0.05) is 12.0 Å². The van der Waals surface area contributed by atoms with Gasteiger partial charge < -0.3 is 10.1 Å². The van der Waals surface area contributed by atoms with Crippen LogP contribution in [0.5, 0.6) is 5.75 Å². The average molecular weight is 259 g/mol. The number of carbonyl (C=O) groups is 1. The van der Waals surface area contributed by atoms with Crippen LogP contribution >= 0.6 is 0 Å². The van der Waals surface area contributed by atoms with Crippen LogP contribution in [0.25, 0.3) is 11.3 Å². The number of hydrogen-bond donors (Lipinski definition) is 2. The lowest BCUT2D eigenvalue weighted by Gasteiger charge is -2.03. The van der Waals surface area contributed by atoms with Gasteiger partial charge in [-0.25, -0.2) is 0 Å². The van der Waals surface area contributed by atoms with Crippen molar-refractivity contribution in [2.24, 2.45) is 5.92 Å². The zero-order valence-electron chi connectivity index (χ0n) is 11.2. The lowest BCUT2D eigenvalue weighted by atomic mass is 10.1. The van der Waals surface area contributed by atoms with E-state index in [1.54, 1.807) is 7.11 Å². The number of ether oxygens (including phenoxy) is 1. The van der Waals surface area contributed by atoms with E-state index in [0.717, 1.165) is 17.0 Å². The third kappa shape index (κ3) is 3.13. The van der Waals surface area contributed by atoms with Crippen LogP contribution in [0.1, 0.15) is 13.8 Å². The van der Waals surface area contributed by atoms with Gasteiger partial charge in [-0.1, -0.05) is 13.8 Å². The quantitative estimate of drug-likeness (QED) is 0.887. The summed E-state index contributed by atoms with van der Waals surface area (Å²) in [5, 5.41) is 9.72. The molecule has 0 fully saturated rings. The predicted octanol–water partition coefficient (Wildman–Crippen LogP) is 2.68. The molecule has 1 aromatic heterocycles. The first kappa shape index (κ1) is 13.1. The SMILES string of the molecule is COc1ccc(-c2cc(NC(=O)C(C)C)n[nH]2)cc1. The number of rotatable bonds is 4. The average Bonchev–Trinajstić information content (AvgIpc) is 2.87. The van der Waals surface area contributed by atoms with E-state index in [1.165, 1.54) is 0 Å². The first-order valence-corrected chi connectivity index (χ1v) is 6.11. The fraction of sp³-hybridized carbons (Fsp3) is 0.286. The Labute approximate surface area is 112 Å². The van der Waals surface area contributed by atoms with Crippen molar-refractivity contribution < 1.29 is 9.53 Å². The summed E-state index contributed by atoms with van der Waals surface area (Å²) in [4.78, 5) is 11.6. The van der Waals surface area contributed by atoms with Crippen LogP contribution in [0.3, 0.4) is 0 Å². The Morgan fingerprint density at radius 1 is 1.32 bits per heavy atom. The van der Waals surface area contributed by atoms with Gasteiger partial charge in [0.1, 0.15) is 5.75 Å². The Kier molecular flexibility index (Phi) is 3.85. The molecule has 5 heteroatoms. The minimum absolute atomic E-state index is 0.0484. The highest BCUT2D eigenvalue weighted by Gasteiger charge is 2.10. The van der Waals surface area contributed by atoms with Gasteiger partial charge in [-0.3, -0.25) is 9.89 Å². The Hall–Kier alpha value is -2.30. The number of hydrogen-bond acceptors (Lipinski definition) is 3. The van der Waals surface area contributed by atoms with Gasteiger partial charge in [0.2, 0.25) is 5.91 Å². The second-order valence-electron chi connectivity index (χ2n) is 4.54. The summed E-state index contributed by atoms with van der Waals surface area (Å²) in [6, 6.07) is 9.42. The fourth-order valence-corrected chi connectivity index (χ4v) is 1.57. The standard InChI is InChI=1S/C14H17N3O2/c1-9(2)14(18)15-13-8-12(16-17-13)10-4-6-11(19-3)7-5-10/h4-9H,1-3H3,(H2,15,16,17,18). The number of anilines is 1. The van der Waals surface area contributed by atoms with Gasteiger partial charge in [0.15, 0.2) is 5.82 Å². The number of H-pyrrole nitrogens is 1. The summed E-state index contributed by atoms with van der Waals surface area (Å²) in [7, 11) is 1.63. The number of nitrogens with one attached hydrogen (secondary N) is 2. The Morgan fingerprint density at radius 3 is 2.58 bits per heavy atom. The summed E-state index contributed by atoms with van der Waals surface area (Å²) < 4.78 is 5.11. The van der Waals surface area contributed by atoms with Crippen LogP contribution in [0.2, 0.25) is 0 Å². The van der Waals surface area contributed by atoms with Crippen LogP contribution in [0, 0.1) is 5.92 Å². The van der Waals surface area contributed by atoms with E-state index in [9.17, 15) is 4.79 Å². The Balaban J connectivity index is 2.13. The van der Waals surface area contributed by atoms with E-state index < -0.39 is 0 Å². The van der Waals surface area contributed by atoms with Crippen molar-refractivity contribution in [3.8, 4) is 17.0 Å². The molecule has 0 atom stereocenters. The second kappa shape index (κ2) is 5.56. The number of aromatic amines is 1. The molecule has 2 N–H and O–H groups in total. The first-order chi connectivity index (χ1) is 9.10. The normalized spacial score (nSPS) is 10.5. The van der Waals surface area contributed by atoms with Gasteiger partial charge in [-0.15, -0.1) is 0 Å². The Bertz CT molecular complexity index is 558. The van der Waals surface area contributed by atoms with Crippen LogP contribution in [-0.4, -0.2) is 23.2 Å². The van der Waals surface area contributed by atoms with Crippen LogP contribution < -0.4 is 10.1 Å². The molecular formula is C14H17N3O2. The molecule has 2 aromatic rings. The molecule has 0 saturated carbocycles.